The van der Waals surface area contributed by atoms with Gasteiger partial charge in [-0.3, -0.25) is 4.68 Å². The first-order chi connectivity index (χ1) is 9.13. The Bertz CT molecular complexity index is 730. The second-order valence-corrected chi connectivity index (χ2v) is 5.03. The second kappa shape index (κ2) is 4.54. The van der Waals surface area contributed by atoms with Gasteiger partial charge >= 0.3 is 0 Å². The number of aryl methyl sites for hydroxylation is 1. The molecule has 0 amide bonds. The van der Waals surface area contributed by atoms with Crippen molar-refractivity contribution in [2.75, 3.05) is 11.1 Å². The highest BCUT2D eigenvalue weighted by molar-refractivity contribution is 9.10. The lowest BCUT2D eigenvalue weighted by atomic mass is 10.3. The SMILES string of the molecule is Cn1ncc(CNc2nc3ccc(Br)cn3n2)c1N. The monoisotopic (exact) mass is 321 g/mol. The van der Waals surface area contributed by atoms with Crippen LogP contribution < -0.4 is 11.1 Å². The molecule has 0 radical (unpaired) electrons. The van der Waals surface area contributed by atoms with Gasteiger partial charge in [0.1, 0.15) is 5.82 Å². The number of nitrogens with zero attached hydrogens (tertiary/aromatic N) is 5. The number of fused-ring (bicyclic) bond motifs is 1. The molecule has 0 atom stereocenters. The number of nitrogen functional groups attached to an aromatic ring is 1. The van der Waals surface area contributed by atoms with E-state index in [9.17, 15) is 0 Å². The molecule has 0 spiro atoms. The number of nitrogens with one attached hydrogen (secondary N) is 1. The van der Waals surface area contributed by atoms with Gasteiger partial charge in [0.25, 0.3) is 0 Å². The number of nitrogens with two attached hydrogens (primary N) is 1. The summed E-state index contributed by atoms with van der Waals surface area (Å²) in [4.78, 5) is 4.36. The van der Waals surface area contributed by atoms with Crippen molar-refractivity contribution < 1.29 is 0 Å². The quantitative estimate of drug-likeness (QED) is 0.762. The van der Waals surface area contributed by atoms with Crippen LogP contribution in [0.2, 0.25) is 0 Å². The summed E-state index contributed by atoms with van der Waals surface area (Å²) < 4.78 is 4.29. The molecular weight excluding hydrogens is 310 g/mol. The minimum Gasteiger partial charge on any atom is -0.384 e. The first-order valence-corrected chi connectivity index (χ1v) is 6.45. The third-order valence-corrected chi connectivity index (χ3v) is 3.27. The molecule has 3 heterocycles. The van der Waals surface area contributed by atoms with Gasteiger partial charge < -0.3 is 11.1 Å². The number of anilines is 2. The molecule has 3 aromatic heterocycles. The van der Waals surface area contributed by atoms with Crippen LogP contribution in [0.25, 0.3) is 5.65 Å². The average molecular weight is 322 g/mol. The van der Waals surface area contributed by atoms with Crippen molar-refractivity contribution in [2.45, 2.75) is 6.54 Å². The van der Waals surface area contributed by atoms with E-state index in [0.717, 1.165) is 15.7 Å². The summed E-state index contributed by atoms with van der Waals surface area (Å²) in [6.45, 7) is 0.539. The van der Waals surface area contributed by atoms with Crippen LogP contribution in [0.3, 0.4) is 0 Å². The predicted molar refractivity (Wildman–Crippen MR) is 75.6 cm³/mol. The molecule has 0 aliphatic heterocycles. The Morgan fingerprint density at radius 2 is 2.26 bits per heavy atom. The van der Waals surface area contributed by atoms with Gasteiger partial charge in [-0.15, -0.1) is 5.10 Å². The Hall–Kier alpha value is -2.09. The molecule has 0 fully saturated rings. The zero-order chi connectivity index (χ0) is 13.4. The van der Waals surface area contributed by atoms with Crippen molar-refractivity contribution in [1.82, 2.24) is 24.4 Å². The van der Waals surface area contributed by atoms with Crippen LogP contribution in [0.1, 0.15) is 5.56 Å². The molecule has 19 heavy (non-hydrogen) atoms. The minimum atomic E-state index is 0.539. The Morgan fingerprint density at radius 1 is 1.42 bits per heavy atom. The van der Waals surface area contributed by atoms with E-state index in [0.29, 0.717) is 18.3 Å². The largest absolute Gasteiger partial charge is 0.384 e. The Morgan fingerprint density at radius 3 is 3.00 bits per heavy atom. The molecule has 0 aliphatic rings. The van der Waals surface area contributed by atoms with Crippen LogP contribution in [0.15, 0.2) is 29.0 Å². The molecule has 7 nitrogen and oxygen atoms in total. The van der Waals surface area contributed by atoms with E-state index in [1.807, 2.05) is 18.3 Å². The van der Waals surface area contributed by atoms with E-state index in [-0.39, 0.29) is 0 Å². The van der Waals surface area contributed by atoms with Crippen LogP contribution in [0.4, 0.5) is 11.8 Å². The van der Waals surface area contributed by atoms with Crippen molar-refractivity contribution >= 4 is 33.3 Å². The molecular formula is C11H12BrN7. The molecule has 3 rings (SSSR count). The smallest absolute Gasteiger partial charge is 0.243 e. The highest BCUT2D eigenvalue weighted by Crippen LogP contribution is 2.14. The molecule has 8 heteroatoms. The highest BCUT2D eigenvalue weighted by Gasteiger charge is 2.07. The van der Waals surface area contributed by atoms with Gasteiger partial charge in [-0.25, -0.2) is 4.52 Å². The van der Waals surface area contributed by atoms with Crippen molar-refractivity contribution in [1.29, 1.82) is 0 Å². The van der Waals surface area contributed by atoms with Crippen LogP contribution in [-0.4, -0.2) is 24.4 Å². The normalized spacial score (nSPS) is 11.1. The van der Waals surface area contributed by atoms with E-state index < -0.39 is 0 Å². The number of halogens is 1. The van der Waals surface area contributed by atoms with Crippen LogP contribution >= 0.6 is 15.9 Å². The summed E-state index contributed by atoms with van der Waals surface area (Å²) in [5, 5.41) is 11.5. The van der Waals surface area contributed by atoms with Gasteiger partial charge in [0.05, 0.1) is 6.20 Å². The maximum Gasteiger partial charge on any atom is 0.243 e. The van der Waals surface area contributed by atoms with Gasteiger partial charge in [-0.05, 0) is 28.1 Å². The number of rotatable bonds is 3. The van der Waals surface area contributed by atoms with Gasteiger partial charge in [0, 0.05) is 29.8 Å². The van der Waals surface area contributed by atoms with Gasteiger partial charge in [0.2, 0.25) is 5.95 Å². The average Bonchev–Trinajstić information content (AvgIpc) is 2.92. The maximum atomic E-state index is 5.87. The molecule has 0 aromatic carbocycles. The molecule has 3 N–H and O–H groups in total. The molecule has 3 aromatic rings. The second-order valence-electron chi connectivity index (χ2n) is 4.12. The summed E-state index contributed by atoms with van der Waals surface area (Å²) in [5.41, 5.74) is 7.57. The number of hydrogen-bond acceptors (Lipinski definition) is 5. The zero-order valence-corrected chi connectivity index (χ0v) is 11.8. The maximum absolute atomic E-state index is 5.87. The van der Waals surface area contributed by atoms with E-state index in [1.165, 1.54) is 0 Å². The fourth-order valence-electron chi connectivity index (χ4n) is 1.74. The highest BCUT2D eigenvalue weighted by atomic mass is 79.9. The Kier molecular flexibility index (Phi) is 2.86. The van der Waals surface area contributed by atoms with E-state index in [1.54, 1.807) is 22.4 Å². The van der Waals surface area contributed by atoms with Gasteiger partial charge in [-0.1, -0.05) is 0 Å². The Labute approximate surface area is 117 Å². The molecule has 0 saturated heterocycles. The third kappa shape index (κ3) is 2.26. The lowest BCUT2D eigenvalue weighted by molar-refractivity contribution is 0.778. The number of pyridine rings is 1. The molecule has 0 unspecified atom stereocenters. The lowest BCUT2D eigenvalue weighted by Gasteiger charge is -2.00. The molecule has 0 aliphatic carbocycles. The van der Waals surface area contributed by atoms with Gasteiger partial charge in [-0.2, -0.15) is 10.1 Å². The molecule has 98 valence electrons. The summed E-state index contributed by atoms with van der Waals surface area (Å²) in [6, 6.07) is 3.81. The van der Waals surface area contributed by atoms with Crippen LogP contribution in [0.5, 0.6) is 0 Å². The summed E-state index contributed by atoms with van der Waals surface area (Å²) in [5.74, 6) is 1.19. The fourth-order valence-corrected chi connectivity index (χ4v) is 2.06. The van der Waals surface area contributed by atoms with E-state index in [2.05, 4.69) is 36.4 Å². The number of aromatic nitrogens is 5. The molecule has 0 saturated carbocycles. The summed E-state index contributed by atoms with van der Waals surface area (Å²) >= 11 is 3.39. The minimum absolute atomic E-state index is 0.539. The summed E-state index contributed by atoms with van der Waals surface area (Å²) in [6.07, 6.45) is 3.58. The van der Waals surface area contributed by atoms with Gasteiger partial charge in [0.15, 0.2) is 5.65 Å². The van der Waals surface area contributed by atoms with Crippen LogP contribution in [0, 0.1) is 0 Å². The number of hydrogen-bond donors (Lipinski definition) is 2. The lowest BCUT2D eigenvalue weighted by Crippen LogP contribution is -2.05. The topological polar surface area (TPSA) is 86.1 Å². The Balaban J connectivity index is 1.80. The van der Waals surface area contributed by atoms with Crippen molar-refractivity contribution in [3.63, 3.8) is 0 Å². The standard InChI is InChI=1S/C11H12BrN7/c1-18-10(13)7(5-15-18)4-14-11-16-9-3-2-8(12)6-19(9)17-11/h2-3,5-6H,4,13H2,1H3,(H,14,17). The first-order valence-electron chi connectivity index (χ1n) is 5.65. The van der Waals surface area contributed by atoms with E-state index in [4.69, 9.17) is 5.73 Å². The van der Waals surface area contributed by atoms with Crippen molar-refractivity contribution in [3.05, 3.63) is 34.6 Å². The van der Waals surface area contributed by atoms with Crippen molar-refractivity contribution in [3.8, 4) is 0 Å². The zero-order valence-electron chi connectivity index (χ0n) is 10.2. The summed E-state index contributed by atoms with van der Waals surface area (Å²) in [7, 11) is 1.81. The first kappa shape index (κ1) is 12.0. The van der Waals surface area contributed by atoms with Crippen molar-refractivity contribution in [2.24, 2.45) is 7.05 Å². The molecule has 0 bridgehead atoms. The fraction of sp³-hybridized carbons (Fsp3) is 0.182. The van der Waals surface area contributed by atoms with E-state index >= 15 is 0 Å². The predicted octanol–water partition coefficient (Wildman–Crippen LogP) is 1.42. The van der Waals surface area contributed by atoms with Crippen LogP contribution in [-0.2, 0) is 13.6 Å². The third-order valence-electron chi connectivity index (χ3n) is 2.80.